The average molecular weight is 536 g/mol. The number of urea groups is 1. The van der Waals surface area contributed by atoms with E-state index in [0.717, 1.165) is 41.3 Å². The van der Waals surface area contributed by atoms with E-state index in [1.807, 2.05) is 67.6 Å². The van der Waals surface area contributed by atoms with Crippen molar-refractivity contribution in [1.82, 2.24) is 10.2 Å². The highest BCUT2D eigenvalue weighted by Crippen LogP contribution is 2.26. The van der Waals surface area contributed by atoms with Gasteiger partial charge in [-0.3, -0.25) is 4.79 Å². The van der Waals surface area contributed by atoms with Crippen LogP contribution >= 0.6 is 11.6 Å². The zero-order chi connectivity index (χ0) is 26.9. The SMILES string of the molecule is COc1ccc(CNCCC(=O)Nc2ccc(N3CCN(C(=O)Nc4c(C)cccc4Cl)CC3)cc2)cc1. The lowest BCUT2D eigenvalue weighted by Gasteiger charge is -2.36. The number of carbonyl (C=O) groups is 2. The number of benzene rings is 3. The van der Waals surface area contributed by atoms with Crippen molar-refractivity contribution >= 4 is 40.6 Å². The van der Waals surface area contributed by atoms with Gasteiger partial charge in [0.05, 0.1) is 17.8 Å². The van der Waals surface area contributed by atoms with Crippen LogP contribution in [-0.4, -0.2) is 56.7 Å². The van der Waals surface area contributed by atoms with Gasteiger partial charge in [-0.2, -0.15) is 0 Å². The predicted octanol–water partition coefficient (Wildman–Crippen LogP) is 5.13. The van der Waals surface area contributed by atoms with Gasteiger partial charge in [0.2, 0.25) is 5.91 Å². The van der Waals surface area contributed by atoms with E-state index in [1.165, 1.54) is 0 Å². The molecule has 1 saturated heterocycles. The summed E-state index contributed by atoms with van der Waals surface area (Å²) in [6.07, 6.45) is 0.385. The van der Waals surface area contributed by atoms with Crippen molar-refractivity contribution in [3.05, 3.63) is 82.9 Å². The average Bonchev–Trinajstić information content (AvgIpc) is 2.94. The van der Waals surface area contributed by atoms with Gasteiger partial charge in [0.1, 0.15) is 5.75 Å². The third-order valence-corrected chi connectivity index (χ3v) is 6.87. The van der Waals surface area contributed by atoms with Crippen LogP contribution in [0.5, 0.6) is 5.75 Å². The molecule has 3 amide bonds. The molecule has 0 radical (unpaired) electrons. The van der Waals surface area contributed by atoms with Crippen molar-refractivity contribution in [3.63, 3.8) is 0 Å². The van der Waals surface area contributed by atoms with Crippen molar-refractivity contribution in [2.45, 2.75) is 19.9 Å². The Balaban J connectivity index is 1.17. The highest BCUT2D eigenvalue weighted by atomic mass is 35.5. The molecule has 0 bridgehead atoms. The summed E-state index contributed by atoms with van der Waals surface area (Å²) in [6, 6.07) is 21.1. The molecule has 0 saturated carbocycles. The number of halogens is 1. The van der Waals surface area contributed by atoms with Gasteiger partial charge < -0.3 is 30.5 Å². The number of carbonyl (C=O) groups excluding carboxylic acids is 2. The van der Waals surface area contributed by atoms with Gasteiger partial charge in [-0.05, 0) is 60.5 Å². The first kappa shape index (κ1) is 27.3. The molecule has 0 aliphatic carbocycles. The van der Waals surface area contributed by atoms with Crippen LogP contribution in [0.1, 0.15) is 17.5 Å². The Morgan fingerprint density at radius 1 is 0.921 bits per heavy atom. The molecule has 8 nitrogen and oxygen atoms in total. The summed E-state index contributed by atoms with van der Waals surface area (Å²) in [5.74, 6) is 0.793. The number of amides is 3. The van der Waals surface area contributed by atoms with Crippen molar-refractivity contribution < 1.29 is 14.3 Å². The number of piperazine rings is 1. The highest BCUT2D eigenvalue weighted by Gasteiger charge is 2.22. The monoisotopic (exact) mass is 535 g/mol. The van der Waals surface area contributed by atoms with Gasteiger partial charge in [0, 0.05) is 57.1 Å². The lowest BCUT2D eigenvalue weighted by atomic mass is 10.2. The number of anilines is 3. The maximum absolute atomic E-state index is 12.7. The number of hydrogen-bond donors (Lipinski definition) is 3. The number of para-hydroxylation sites is 1. The third-order valence-electron chi connectivity index (χ3n) is 6.55. The maximum atomic E-state index is 12.7. The molecular formula is C29H34ClN5O3. The number of hydrogen-bond acceptors (Lipinski definition) is 5. The molecule has 1 heterocycles. The normalized spacial score (nSPS) is 13.2. The minimum atomic E-state index is -0.141. The van der Waals surface area contributed by atoms with E-state index in [0.29, 0.717) is 43.3 Å². The number of methoxy groups -OCH3 is 1. The first-order valence-corrected chi connectivity index (χ1v) is 13.1. The zero-order valence-corrected chi connectivity index (χ0v) is 22.6. The Morgan fingerprint density at radius 3 is 2.29 bits per heavy atom. The fourth-order valence-corrected chi connectivity index (χ4v) is 4.57. The Hall–Kier alpha value is -3.75. The fourth-order valence-electron chi connectivity index (χ4n) is 4.30. The van der Waals surface area contributed by atoms with E-state index < -0.39 is 0 Å². The molecule has 9 heteroatoms. The van der Waals surface area contributed by atoms with Gasteiger partial charge in [0.15, 0.2) is 0 Å². The summed E-state index contributed by atoms with van der Waals surface area (Å²) in [4.78, 5) is 29.1. The van der Waals surface area contributed by atoms with Crippen LogP contribution in [0.25, 0.3) is 0 Å². The smallest absolute Gasteiger partial charge is 0.322 e. The second kappa shape index (κ2) is 13.2. The number of aryl methyl sites for hydroxylation is 1. The molecule has 3 aromatic rings. The second-order valence-corrected chi connectivity index (χ2v) is 9.61. The van der Waals surface area contributed by atoms with Crippen LogP contribution in [0.15, 0.2) is 66.7 Å². The lowest BCUT2D eigenvalue weighted by Crippen LogP contribution is -2.50. The molecule has 1 aliphatic rings. The molecule has 3 aromatic carbocycles. The summed E-state index contributed by atoms with van der Waals surface area (Å²) in [7, 11) is 1.65. The molecule has 0 aromatic heterocycles. The highest BCUT2D eigenvalue weighted by molar-refractivity contribution is 6.33. The quantitative estimate of drug-likeness (QED) is 0.331. The number of nitrogens with one attached hydrogen (secondary N) is 3. The third kappa shape index (κ3) is 7.40. The van der Waals surface area contributed by atoms with Gasteiger partial charge in [-0.25, -0.2) is 4.79 Å². The van der Waals surface area contributed by atoms with Gasteiger partial charge in [-0.1, -0.05) is 35.9 Å². The molecule has 0 unspecified atom stereocenters. The van der Waals surface area contributed by atoms with E-state index in [4.69, 9.17) is 16.3 Å². The molecule has 0 spiro atoms. The first-order chi connectivity index (χ1) is 18.4. The molecule has 200 valence electrons. The zero-order valence-electron chi connectivity index (χ0n) is 21.8. The minimum Gasteiger partial charge on any atom is -0.497 e. The summed E-state index contributed by atoms with van der Waals surface area (Å²) < 4.78 is 5.17. The van der Waals surface area contributed by atoms with Crippen LogP contribution in [-0.2, 0) is 11.3 Å². The van der Waals surface area contributed by atoms with E-state index in [2.05, 4.69) is 20.9 Å². The van der Waals surface area contributed by atoms with Crippen molar-refractivity contribution in [1.29, 1.82) is 0 Å². The molecular weight excluding hydrogens is 502 g/mol. The van der Waals surface area contributed by atoms with Gasteiger partial charge in [0.25, 0.3) is 0 Å². The van der Waals surface area contributed by atoms with E-state index >= 15 is 0 Å². The molecule has 0 atom stereocenters. The molecule has 1 aliphatic heterocycles. The summed E-state index contributed by atoms with van der Waals surface area (Å²) in [5, 5.41) is 9.73. The standard InChI is InChI=1S/C29H34ClN5O3/c1-21-4-3-5-26(30)28(21)33-29(37)35-18-16-34(17-19-35)24-10-8-23(9-11-24)32-27(36)14-15-31-20-22-6-12-25(38-2)13-7-22/h3-13,31H,14-20H2,1-2H3,(H,32,36)(H,33,37). The Kier molecular flexibility index (Phi) is 9.46. The minimum absolute atomic E-state index is 0.0339. The van der Waals surface area contributed by atoms with Crippen molar-refractivity contribution in [2.75, 3.05) is 55.4 Å². The number of nitrogens with zero attached hydrogens (tertiary/aromatic N) is 2. The van der Waals surface area contributed by atoms with E-state index in [9.17, 15) is 9.59 Å². The lowest BCUT2D eigenvalue weighted by molar-refractivity contribution is -0.116. The van der Waals surface area contributed by atoms with Crippen LogP contribution in [0.2, 0.25) is 5.02 Å². The predicted molar refractivity (Wildman–Crippen MR) is 153 cm³/mol. The molecule has 4 rings (SSSR count). The van der Waals surface area contributed by atoms with Gasteiger partial charge in [-0.15, -0.1) is 0 Å². The number of ether oxygens (including phenoxy) is 1. The number of rotatable bonds is 9. The molecule has 38 heavy (non-hydrogen) atoms. The largest absolute Gasteiger partial charge is 0.497 e. The Morgan fingerprint density at radius 2 is 1.63 bits per heavy atom. The van der Waals surface area contributed by atoms with Crippen LogP contribution in [0, 0.1) is 6.92 Å². The Bertz CT molecular complexity index is 1210. The van der Waals surface area contributed by atoms with E-state index in [1.54, 1.807) is 18.1 Å². The van der Waals surface area contributed by atoms with Crippen LogP contribution in [0.3, 0.4) is 0 Å². The fraction of sp³-hybridized carbons (Fsp3) is 0.310. The summed E-state index contributed by atoms with van der Waals surface area (Å²) >= 11 is 6.25. The molecule has 3 N–H and O–H groups in total. The summed E-state index contributed by atoms with van der Waals surface area (Å²) in [6.45, 7) is 5.87. The van der Waals surface area contributed by atoms with Crippen molar-refractivity contribution in [3.8, 4) is 5.75 Å². The molecule has 1 fully saturated rings. The topological polar surface area (TPSA) is 85.9 Å². The second-order valence-electron chi connectivity index (χ2n) is 9.21. The van der Waals surface area contributed by atoms with Gasteiger partial charge >= 0.3 is 6.03 Å². The van der Waals surface area contributed by atoms with E-state index in [-0.39, 0.29) is 11.9 Å². The maximum Gasteiger partial charge on any atom is 0.322 e. The Labute approximate surface area is 228 Å². The van der Waals surface area contributed by atoms with Crippen molar-refractivity contribution in [2.24, 2.45) is 0 Å². The van der Waals surface area contributed by atoms with Crippen LogP contribution < -0.4 is 25.6 Å². The van der Waals surface area contributed by atoms with Crippen LogP contribution in [0.4, 0.5) is 21.9 Å². The summed E-state index contributed by atoms with van der Waals surface area (Å²) in [5.41, 5.74) is 4.56. The first-order valence-electron chi connectivity index (χ1n) is 12.7.